The highest BCUT2D eigenvalue weighted by Gasteiger charge is 2.48. The van der Waals surface area contributed by atoms with Crippen molar-refractivity contribution in [2.45, 2.75) is 50.2 Å². The number of hydrogen-bond acceptors (Lipinski definition) is 6. The predicted molar refractivity (Wildman–Crippen MR) is 103 cm³/mol. The zero-order chi connectivity index (χ0) is 20.5. The molecule has 2 atom stereocenters. The van der Waals surface area contributed by atoms with E-state index in [0.29, 0.717) is 25.6 Å². The van der Waals surface area contributed by atoms with Crippen molar-refractivity contribution in [2.75, 3.05) is 50.8 Å². The van der Waals surface area contributed by atoms with E-state index in [1.54, 1.807) is 6.07 Å². The lowest BCUT2D eigenvalue weighted by Gasteiger charge is -2.50. The van der Waals surface area contributed by atoms with Gasteiger partial charge in [-0.3, -0.25) is 4.90 Å². The molecule has 0 spiro atoms. The summed E-state index contributed by atoms with van der Waals surface area (Å²) in [4.78, 5) is 8.41. The van der Waals surface area contributed by atoms with Crippen LogP contribution in [0.25, 0.3) is 0 Å². The lowest BCUT2D eigenvalue weighted by Crippen LogP contribution is -2.63. The van der Waals surface area contributed by atoms with E-state index in [-0.39, 0.29) is 17.9 Å². The topological polar surface area (TPSA) is 53.2 Å². The van der Waals surface area contributed by atoms with Crippen molar-refractivity contribution in [2.24, 2.45) is 0 Å². The Balaban J connectivity index is 1.64. The Bertz CT molecular complexity index is 691. The summed E-state index contributed by atoms with van der Waals surface area (Å²) in [6.45, 7) is 7.63. The quantitative estimate of drug-likeness (QED) is 0.722. The van der Waals surface area contributed by atoms with Crippen LogP contribution in [-0.4, -0.2) is 73.7 Å². The Morgan fingerprint density at radius 3 is 2.59 bits per heavy atom. The SMILES string of the molecule is CCC1OC1N(CC1(N2CCNCC2)CCOCC1)c1cccc(C(F)(F)F)n1. The van der Waals surface area contributed by atoms with Crippen molar-refractivity contribution in [3.63, 3.8) is 0 Å². The minimum atomic E-state index is -4.47. The first-order valence-corrected chi connectivity index (χ1v) is 10.4. The van der Waals surface area contributed by atoms with Crippen molar-refractivity contribution in [3.8, 4) is 0 Å². The summed E-state index contributed by atoms with van der Waals surface area (Å²) in [6, 6.07) is 4.12. The van der Waals surface area contributed by atoms with Crippen molar-refractivity contribution >= 4 is 5.82 Å². The van der Waals surface area contributed by atoms with Gasteiger partial charge < -0.3 is 19.7 Å². The van der Waals surface area contributed by atoms with E-state index in [2.05, 4.69) is 15.2 Å². The number of nitrogens with one attached hydrogen (secondary N) is 1. The predicted octanol–water partition coefficient (Wildman–Crippen LogP) is 2.50. The summed E-state index contributed by atoms with van der Waals surface area (Å²) in [7, 11) is 0. The van der Waals surface area contributed by atoms with E-state index >= 15 is 0 Å². The van der Waals surface area contributed by atoms with E-state index in [1.807, 2.05) is 11.8 Å². The number of ether oxygens (including phenoxy) is 2. The monoisotopic (exact) mass is 414 g/mol. The van der Waals surface area contributed by atoms with Crippen LogP contribution >= 0.6 is 0 Å². The number of anilines is 1. The Morgan fingerprint density at radius 2 is 1.97 bits per heavy atom. The van der Waals surface area contributed by atoms with Crippen LogP contribution in [-0.2, 0) is 15.7 Å². The highest BCUT2D eigenvalue weighted by atomic mass is 19.4. The van der Waals surface area contributed by atoms with Crippen LogP contribution in [0.1, 0.15) is 31.9 Å². The second-order valence-corrected chi connectivity index (χ2v) is 8.05. The number of halogens is 3. The summed E-state index contributed by atoms with van der Waals surface area (Å²) >= 11 is 0. The summed E-state index contributed by atoms with van der Waals surface area (Å²) in [5.74, 6) is 0.335. The molecule has 0 bridgehead atoms. The maximum absolute atomic E-state index is 13.3. The zero-order valence-electron chi connectivity index (χ0n) is 16.7. The van der Waals surface area contributed by atoms with Gasteiger partial charge in [0, 0.05) is 51.5 Å². The molecule has 4 heterocycles. The molecule has 1 aromatic heterocycles. The second-order valence-electron chi connectivity index (χ2n) is 8.05. The molecule has 0 radical (unpaired) electrons. The molecule has 6 nitrogen and oxygen atoms in total. The number of epoxide rings is 1. The van der Waals surface area contributed by atoms with E-state index < -0.39 is 11.9 Å². The number of hydrogen-bond donors (Lipinski definition) is 1. The average Bonchev–Trinajstić information content (AvgIpc) is 3.52. The first-order valence-electron chi connectivity index (χ1n) is 10.4. The highest BCUT2D eigenvalue weighted by Crippen LogP contribution is 2.38. The molecule has 1 aromatic rings. The molecular formula is C20H29F3N4O2. The van der Waals surface area contributed by atoms with Crippen LogP contribution in [0.2, 0.25) is 0 Å². The van der Waals surface area contributed by atoms with Crippen molar-refractivity contribution in [3.05, 3.63) is 23.9 Å². The third-order valence-corrected chi connectivity index (χ3v) is 6.26. The van der Waals surface area contributed by atoms with E-state index in [4.69, 9.17) is 9.47 Å². The first-order chi connectivity index (χ1) is 13.9. The lowest BCUT2D eigenvalue weighted by atomic mass is 9.86. The molecule has 9 heteroatoms. The Kier molecular flexibility index (Phi) is 6.02. The molecule has 0 aliphatic carbocycles. The minimum absolute atomic E-state index is 0.0336. The van der Waals surface area contributed by atoms with Gasteiger partial charge in [0.1, 0.15) is 17.6 Å². The summed E-state index contributed by atoms with van der Waals surface area (Å²) in [5.41, 5.74) is -1.02. The first kappa shape index (κ1) is 20.8. The third-order valence-electron chi connectivity index (χ3n) is 6.26. The van der Waals surface area contributed by atoms with Crippen molar-refractivity contribution in [1.82, 2.24) is 15.2 Å². The van der Waals surface area contributed by atoms with Crippen LogP contribution in [0.3, 0.4) is 0 Å². The molecule has 162 valence electrons. The van der Waals surface area contributed by atoms with Gasteiger partial charge in [0.2, 0.25) is 0 Å². The van der Waals surface area contributed by atoms with Gasteiger partial charge in [-0.2, -0.15) is 13.2 Å². The number of nitrogens with zero attached hydrogens (tertiary/aromatic N) is 3. The van der Waals surface area contributed by atoms with Crippen LogP contribution in [0.4, 0.5) is 19.0 Å². The van der Waals surface area contributed by atoms with Gasteiger partial charge in [-0.05, 0) is 31.4 Å². The lowest BCUT2D eigenvalue weighted by molar-refractivity contribution is -0.141. The minimum Gasteiger partial charge on any atom is -0.381 e. The van der Waals surface area contributed by atoms with Gasteiger partial charge in [-0.1, -0.05) is 13.0 Å². The molecule has 3 aliphatic heterocycles. The van der Waals surface area contributed by atoms with Crippen LogP contribution in [0.15, 0.2) is 18.2 Å². The fourth-order valence-corrected chi connectivity index (χ4v) is 4.53. The van der Waals surface area contributed by atoms with Gasteiger partial charge in [-0.25, -0.2) is 4.98 Å². The number of alkyl halides is 3. The van der Waals surface area contributed by atoms with Crippen LogP contribution in [0, 0.1) is 0 Å². The maximum Gasteiger partial charge on any atom is 0.433 e. The molecule has 3 saturated heterocycles. The third kappa shape index (κ3) is 4.52. The largest absolute Gasteiger partial charge is 0.433 e. The molecule has 4 rings (SSSR count). The number of piperazine rings is 1. The summed E-state index contributed by atoms with van der Waals surface area (Å²) < 4.78 is 51.3. The maximum atomic E-state index is 13.3. The van der Waals surface area contributed by atoms with E-state index in [0.717, 1.165) is 51.5 Å². The Hall–Kier alpha value is -1.42. The smallest absolute Gasteiger partial charge is 0.381 e. The standard InChI is InChI=1S/C20H29F3N4O2/c1-2-15-18(29-15)27(17-5-3-4-16(25-17)20(21,22)23)14-19(6-12-28-13-7-19)26-10-8-24-9-11-26/h3-5,15,18,24H,2,6-14H2,1H3. The van der Waals surface area contributed by atoms with Crippen molar-refractivity contribution in [1.29, 1.82) is 0 Å². The molecule has 0 aromatic carbocycles. The van der Waals surface area contributed by atoms with Crippen molar-refractivity contribution < 1.29 is 22.6 Å². The normalized spacial score (nSPS) is 27.6. The zero-order valence-corrected chi connectivity index (χ0v) is 16.7. The van der Waals surface area contributed by atoms with E-state index in [1.165, 1.54) is 6.07 Å². The van der Waals surface area contributed by atoms with Crippen LogP contribution in [0.5, 0.6) is 0 Å². The van der Waals surface area contributed by atoms with Gasteiger partial charge >= 0.3 is 6.18 Å². The van der Waals surface area contributed by atoms with E-state index in [9.17, 15) is 13.2 Å². The van der Waals surface area contributed by atoms with Gasteiger partial charge in [0.15, 0.2) is 6.23 Å². The molecule has 0 amide bonds. The summed E-state index contributed by atoms with van der Waals surface area (Å²) in [5, 5.41) is 3.38. The van der Waals surface area contributed by atoms with Gasteiger partial charge in [0.25, 0.3) is 0 Å². The molecule has 2 unspecified atom stereocenters. The van der Waals surface area contributed by atoms with Crippen LogP contribution < -0.4 is 10.2 Å². The second kappa shape index (κ2) is 8.37. The molecule has 29 heavy (non-hydrogen) atoms. The summed E-state index contributed by atoms with van der Waals surface area (Å²) in [6.07, 6.45) is -2.13. The number of aromatic nitrogens is 1. The molecule has 1 N–H and O–H groups in total. The number of pyridine rings is 1. The molecule has 3 aliphatic rings. The fourth-order valence-electron chi connectivity index (χ4n) is 4.53. The van der Waals surface area contributed by atoms with Gasteiger partial charge in [-0.15, -0.1) is 0 Å². The average molecular weight is 414 g/mol. The number of rotatable bonds is 6. The fraction of sp³-hybridized carbons (Fsp3) is 0.750. The molecule has 3 fully saturated rings. The molecular weight excluding hydrogens is 385 g/mol. The Morgan fingerprint density at radius 1 is 1.24 bits per heavy atom. The van der Waals surface area contributed by atoms with Gasteiger partial charge in [0.05, 0.1) is 0 Å². The molecule has 0 saturated carbocycles. The highest BCUT2D eigenvalue weighted by molar-refractivity contribution is 5.43. The Labute approximate surface area is 169 Å².